The highest BCUT2D eigenvalue weighted by Gasteiger charge is 2.29. The Labute approximate surface area is 142 Å². The van der Waals surface area contributed by atoms with Crippen LogP contribution in [0.3, 0.4) is 0 Å². The van der Waals surface area contributed by atoms with Crippen molar-refractivity contribution in [2.45, 2.75) is 19.9 Å². The van der Waals surface area contributed by atoms with Crippen LogP contribution in [0.5, 0.6) is 11.5 Å². The highest BCUT2D eigenvalue weighted by Crippen LogP contribution is 2.31. The van der Waals surface area contributed by atoms with Gasteiger partial charge in [-0.05, 0) is 31.0 Å². The van der Waals surface area contributed by atoms with Gasteiger partial charge in [0.25, 0.3) is 0 Å². The lowest BCUT2D eigenvalue weighted by atomic mass is 9.95. The van der Waals surface area contributed by atoms with Gasteiger partial charge in [-0.3, -0.25) is 9.48 Å². The fourth-order valence-electron chi connectivity index (χ4n) is 2.98. The Kier molecular flexibility index (Phi) is 5.03. The molecule has 1 atom stereocenters. The van der Waals surface area contributed by atoms with Gasteiger partial charge in [-0.25, -0.2) is 0 Å². The van der Waals surface area contributed by atoms with E-state index in [4.69, 9.17) is 9.47 Å². The molecule has 0 fully saturated rings. The molecule has 0 aliphatic carbocycles. The summed E-state index contributed by atoms with van der Waals surface area (Å²) in [6.07, 6.45) is 4.36. The maximum Gasteiger partial charge on any atom is 0.229 e. The zero-order valence-corrected chi connectivity index (χ0v) is 14.1. The largest absolute Gasteiger partial charge is 0.497 e. The Balaban J connectivity index is 1.63. The predicted molar refractivity (Wildman–Crippen MR) is 90.2 cm³/mol. The lowest BCUT2D eigenvalue weighted by Gasteiger charge is -2.30. The van der Waals surface area contributed by atoms with Crippen LogP contribution in [0.2, 0.25) is 0 Å². The number of hydrogen-bond acceptors (Lipinski definition) is 4. The smallest absolute Gasteiger partial charge is 0.229 e. The van der Waals surface area contributed by atoms with Crippen LogP contribution in [0.1, 0.15) is 12.5 Å². The normalized spacial score (nSPS) is 16.2. The lowest BCUT2D eigenvalue weighted by Crippen LogP contribution is -2.42. The molecule has 1 unspecified atom stereocenters. The molecule has 0 saturated heterocycles. The van der Waals surface area contributed by atoms with Crippen LogP contribution in [0.15, 0.2) is 36.7 Å². The van der Waals surface area contributed by atoms with E-state index in [1.807, 2.05) is 47.0 Å². The van der Waals surface area contributed by atoms with Crippen LogP contribution in [-0.2, 0) is 17.8 Å². The third-order valence-corrected chi connectivity index (χ3v) is 4.38. The molecule has 2 heterocycles. The van der Waals surface area contributed by atoms with E-state index in [0.29, 0.717) is 32.7 Å². The summed E-state index contributed by atoms with van der Waals surface area (Å²) in [7, 11) is 1.63. The average Bonchev–Trinajstić information content (AvgIpc) is 3.14. The number of likely N-dealkylation sites (N-methyl/N-ethyl adjacent to an activating group) is 1. The number of benzene rings is 1. The summed E-state index contributed by atoms with van der Waals surface area (Å²) in [4.78, 5) is 14.7. The summed E-state index contributed by atoms with van der Waals surface area (Å²) >= 11 is 0. The molecule has 128 valence electrons. The minimum absolute atomic E-state index is 0.136. The van der Waals surface area contributed by atoms with Gasteiger partial charge >= 0.3 is 0 Å². The van der Waals surface area contributed by atoms with Gasteiger partial charge in [-0.15, -0.1) is 0 Å². The number of methoxy groups -OCH3 is 1. The van der Waals surface area contributed by atoms with Gasteiger partial charge in [0.05, 0.1) is 19.6 Å². The number of nitrogens with zero attached hydrogens (tertiary/aromatic N) is 3. The fraction of sp³-hybridized carbons (Fsp3) is 0.444. The highest BCUT2D eigenvalue weighted by atomic mass is 16.5. The molecule has 3 rings (SSSR count). The molecule has 2 aromatic rings. The predicted octanol–water partition coefficient (Wildman–Crippen LogP) is 1.99. The topological polar surface area (TPSA) is 56.6 Å². The van der Waals surface area contributed by atoms with Crippen LogP contribution < -0.4 is 9.47 Å². The molecular formula is C18H23N3O3. The fourth-order valence-corrected chi connectivity index (χ4v) is 2.98. The average molecular weight is 329 g/mol. The number of ether oxygens (including phenoxy) is 2. The van der Waals surface area contributed by atoms with Crippen LogP contribution >= 0.6 is 0 Å². The Morgan fingerprint density at radius 2 is 2.38 bits per heavy atom. The van der Waals surface area contributed by atoms with E-state index in [-0.39, 0.29) is 11.8 Å². The Hall–Kier alpha value is -2.50. The van der Waals surface area contributed by atoms with Crippen molar-refractivity contribution in [1.82, 2.24) is 14.7 Å². The quantitative estimate of drug-likeness (QED) is 0.813. The van der Waals surface area contributed by atoms with Crippen LogP contribution in [0, 0.1) is 5.92 Å². The van der Waals surface area contributed by atoms with Crippen molar-refractivity contribution in [3.05, 3.63) is 42.2 Å². The Morgan fingerprint density at radius 3 is 3.08 bits per heavy atom. The minimum atomic E-state index is -0.136. The SMILES string of the molecule is CCN(CCn1cccn1)C(=O)C1COc2cc(OC)ccc2C1. The van der Waals surface area contributed by atoms with Gasteiger partial charge in [-0.1, -0.05) is 6.07 Å². The zero-order chi connectivity index (χ0) is 16.9. The summed E-state index contributed by atoms with van der Waals surface area (Å²) in [5.74, 6) is 1.60. The monoisotopic (exact) mass is 329 g/mol. The van der Waals surface area contributed by atoms with Crippen molar-refractivity contribution in [3.8, 4) is 11.5 Å². The van der Waals surface area contributed by atoms with Gasteiger partial charge < -0.3 is 14.4 Å². The number of rotatable bonds is 6. The summed E-state index contributed by atoms with van der Waals surface area (Å²) in [5.41, 5.74) is 1.06. The van der Waals surface area contributed by atoms with Crippen molar-refractivity contribution in [2.75, 3.05) is 26.8 Å². The first kappa shape index (κ1) is 16.4. The van der Waals surface area contributed by atoms with E-state index in [9.17, 15) is 4.79 Å². The molecule has 24 heavy (non-hydrogen) atoms. The number of carbonyl (C=O) groups is 1. The second-order valence-corrected chi connectivity index (χ2v) is 5.87. The number of fused-ring (bicyclic) bond motifs is 1. The molecule has 1 aliphatic heterocycles. The second kappa shape index (κ2) is 7.38. The molecule has 0 spiro atoms. The van der Waals surface area contributed by atoms with E-state index in [1.54, 1.807) is 13.3 Å². The van der Waals surface area contributed by atoms with E-state index in [1.165, 1.54) is 0 Å². The molecule has 1 aromatic carbocycles. The van der Waals surface area contributed by atoms with Gasteiger partial charge in [0.15, 0.2) is 0 Å². The van der Waals surface area contributed by atoms with Crippen molar-refractivity contribution < 1.29 is 14.3 Å². The Morgan fingerprint density at radius 1 is 1.50 bits per heavy atom. The Bertz CT molecular complexity index is 685. The third kappa shape index (κ3) is 3.53. The zero-order valence-electron chi connectivity index (χ0n) is 14.1. The number of carbonyl (C=O) groups excluding carboxylic acids is 1. The number of aromatic nitrogens is 2. The van der Waals surface area contributed by atoms with Gasteiger partial charge in [0, 0.05) is 31.5 Å². The van der Waals surface area contributed by atoms with Crippen molar-refractivity contribution in [3.63, 3.8) is 0 Å². The number of amides is 1. The van der Waals surface area contributed by atoms with E-state index < -0.39 is 0 Å². The lowest BCUT2D eigenvalue weighted by molar-refractivity contribution is -0.136. The van der Waals surface area contributed by atoms with Crippen LogP contribution in [-0.4, -0.2) is 47.4 Å². The number of hydrogen-bond donors (Lipinski definition) is 0. The summed E-state index contributed by atoms with van der Waals surface area (Å²) in [5, 5.41) is 4.18. The highest BCUT2D eigenvalue weighted by molar-refractivity contribution is 5.79. The second-order valence-electron chi connectivity index (χ2n) is 5.87. The molecule has 1 aromatic heterocycles. The molecular weight excluding hydrogens is 306 g/mol. The van der Waals surface area contributed by atoms with Crippen molar-refractivity contribution >= 4 is 5.91 Å². The summed E-state index contributed by atoms with van der Waals surface area (Å²) < 4.78 is 12.9. The van der Waals surface area contributed by atoms with Crippen LogP contribution in [0.25, 0.3) is 0 Å². The third-order valence-electron chi connectivity index (χ3n) is 4.38. The van der Waals surface area contributed by atoms with E-state index in [0.717, 1.165) is 17.1 Å². The first-order valence-corrected chi connectivity index (χ1v) is 8.27. The summed E-state index contributed by atoms with van der Waals surface area (Å²) in [6, 6.07) is 7.65. The maximum absolute atomic E-state index is 12.8. The first-order valence-electron chi connectivity index (χ1n) is 8.27. The van der Waals surface area contributed by atoms with Crippen molar-refractivity contribution in [1.29, 1.82) is 0 Å². The van der Waals surface area contributed by atoms with Crippen molar-refractivity contribution in [2.24, 2.45) is 5.92 Å². The van der Waals surface area contributed by atoms with Gasteiger partial charge in [0.2, 0.25) is 5.91 Å². The molecule has 0 saturated carbocycles. The van der Waals surface area contributed by atoms with Crippen LogP contribution in [0.4, 0.5) is 0 Å². The maximum atomic E-state index is 12.8. The summed E-state index contributed by atoms with van der Waals surface area (Å²) in [6.45, 7) is 4.46. The van der Waals surface area contributed by atoms with Gasteiger partial charge in [-0.2, -0.15) is 5.10 Å². The first-order chi connectivity index (χ1) is 11.7. The molecule has 1 amide bonds. The molecule has 0 radical (unpaired) electrons. The molecule has 0 bridgehead atoms. The van der Waals surface area contributed by atoms with E-state index >= 15 is 0 Å². The molecule has 6 nitrogen and oxygen atoms in total. The molecule has 1 aliphatic rings. The standard InChI is InChI=1S/C18H23N3O3/c1-3-20(9-10-21-8-4-7-19-21)18(22)15-11-14-5-6-16(23-2)12-17(14)24-13-15/h4-8,12,15H,3,9-11,13H2,1-2H3. The minimum Gasteiger partial charge on any atom is -0.497 e. The molecule has 0 N–H and O–H groups in total. The van der Waals surface area contributed by atoms with Gasteiger partial charge in [0.1, 0.15) is 18.1 Å². The molecule has 6 heteroatoms. The van der Waals surface area contributed by atoms with E-state index in [2.05, 4.69) is 5.10 Å².